The van der Waals surface area contributed by atoms with E-state index in [0.29, 0.717) is 5.57 Å². The third-order valence-electron chi connectivity index (χ3n) is 0.947. The van der Waals surface area contributed by atoms with Crippen LogP contribution in [0.5, 0.6) is 0 Å². The molecule has 0 radical (unpaired) electrons. The first-order chi connectivity index (χ1) is 4.43. The number of allylic oxidation sites excluding steroid dienone is 4. The summed E-state index contributed by atoms with van der Waals surface area (Å²) in [6, 6.07) is 2.02. The van der Waals surface area contributed by atoms with E-state index in [4.69, 9.17) is 5.26 Å². The van der Waals surface area contributed by atoms with E-state index in [-0.39, 0.29) is 5.48 Å². The molecule has 0 atom stereocenters. The van der Waals surface area contributed by atoms with Crippen LogP contribution in [0, 0.1) is 11.3 Å². The molecule has 0 aromatic rings. The monoisotopic (exact) mass is 136 g/mol. The van der Waals surface area contributed by atoms with Crippen molar-refractivity contribution in [2.75, 3.05) is 0 Å². The van der Waals surface area contributed by atoms with Gasteiger partial charge in [-0.25, -0.2) is 0 Å². The fourth-order valence-corrected chi connectivity index (χ4v) is 0.526. The molecule has 0 bridgehead atoms. The van der Waals surface area contributed by atoms with E-state index < -0.39 is 0 Å². The summed E-state index contributed by atoms with van der Waals surface area (Å²) in [6.07, 6.45) is 8.81. The van der Waals surface area contributed by atoms with E-state index in [2.05, 4.69) is 5.32 Å². The van der Waals surface area contributed by atoms with Crippen molar-refractivity contribution in [3.05, 3.63) is 36.2 Å². The van der Waals surface area contributed by atoms with Crippen LogP contribution in [0.1, 0.15) is 0 Å². The average molecular weight is 136 g/mol. The highest BCUT2D eigenvalue weighted by molar-refractivity contribution is 5.35. The van der Waals surface area contributed by atoms with Gasteiger partial charge in [-0.3, -0.25) is 0 Å². The molecule has 0 amide bonds. The van der Waals surface area contributed by atoms with Crippen LogP contribution >= 0.6 is 0 Å². The Kier molecular flexibility index (Phi) is 3.69. The van der Waals surface area contributed by atoms with Crippen LogP contribution in [0.15, 0.2) is 36.2 Å². The van der Waals surface area contributed by atoms with E-state index >= 15 is 0 Å². The molecule has 0 aromatic carbocycles. The van der Waals surface area contributed by atoms with Crippen LogP contribution in [-0.2, 0) is 0 Å². The molecule has 52 valence electrons. The first-order valence-corrected chi connectivity index (χ1v) is 2.63. The maximum absolute atomic E-state index is 8.38. The van der Waals surface area contributed by atoms with Gasteiger partial charge in [-0.2, -0.15) is 5.26 Å². The molecule has 1 heterocycles. The number of hydrogen-bond donors (Lipinski definition) is 1. The maximum Gasteiger partial charge on any atom is 0.101 e. The van der Waals surface area contributed by atoms with Gasteiger partial charge in [0, 0.05) is 12.4 Å². The first kappa shape index (κ1) is 8.47. The summed E-state index contributed by atoms with van der Waals surface area (Å²) in [5.74, 6) is 0. The average Bonchev–Trinajstić information content (AvgIpc) is 2.13. The van der Waals surface area contributed by atoms with Crippen LogP contribution in [0.3, 0.4) is 0 Å². The number of nitrogens with zero attached hydrogens (tertiary/aromatic N) is 1. The molecule has 10 heavy (non-hydrogen) atoms. The minimum Gasteiger partial charge on any atom is -0.412 e. The Hall–Kier alpha value is -1.53. The van der Waals surface area contributed by atoms with Gasteiger partial charge in [0.25, 0.3) is 0 Å². The largest absolute Gasteiger partial charge is 0.412 e. The third kappa shape index (κ3) is 2.16. The Bertz CT molecular complexity index is 220. The molecular weight excluding hydrogens is 128 g/mol. The second-order valence-corrected chi connectivity index (χ2v) is 1.60. The van der Waals surface area contributed by atoms with Gasteiger partial charge in [0.05, 0.1) is 5.57 Å². The predicted octanol–water partition coefficient (Wildman–Crippen LogP) is 0.242. The van der Waals surface area contributed by atoms with E-state index in [0.717, 1.165) is 0 Å². The van der Waals surface area contributed by atoms with Crippen LogP contribution in [0.2, 0.25) is 0 Å². The molecule has 0 saturated heterocycles. The van der Waals surface area contributed by atoms with Gasteiger partial charge in [0.15, 0.2) is 0 Å². The molecule has 0 aromatic heterocycles. The fraction of sp³-hybridized carbons (Fsp3) is 0. The highest BCUT2D eigenvalue weighted by Crippen LogP contribution is 1.95. The SMILES string of the molecule is N#CC1=CNC=CC=C1.O. The topological polar surface area (TPSA) is 67.3 Å². The molecule has 3 N–H and O–H groups in total. The Labute approximate surface area is 59.3 Å². The van der Waals surface area contributed by atoms with Crippen molar-refractivity contribution >= 4 is 0 Å². The van der Waals surface area contributed by atoms with E-state index in [1.165, 1.54) is 0 Å². The Balaban J connectivity index is 0.000000810. The van der Waals surface area contributed by atoms with Gasteiger partial charge in [-0.15, -0.1) is 0 Å². The van der Waals surface area contributed by atoms with E-state index in [1.54, 1.807) is 18.5 Å². The molecule has 1 aliphatic rings. The molecule has 3 heteroatoms. The van der Waals surface area contributed by atoms with Crippen molar-refractivity contribution in [2.24, 2.45) is 0 Å². The van der Waals surface area contributed by atoms with E-state index in [9.17, 15) is 0 Å². The van der Waals surface area contributed by atoms with Crippen molar-refractivity contribution in [1.82, 2.24) is 5.32 Å². The van der Waals surface area contributed by atoms with Gasteiger partial charge in [0.1, 0.15) is 6.07 Å². The lowest BCUT2D eigenvalue weighted by Gasteiger charge is -1.84. The predicted molar refractivity (Wildman–Crippen MR) is 38.7 cm³/mol. The van der Waals surface area contributed by atoms with Crippen LogP contribution in [-0.4, -0.2) is 5.48 Å². The second kappa shape index (κ2) is 4.36. The smallest absolute Gasteiger partial charge is 0.101 e. The molecule has 0 saturated carbocycles. The standard InChI is InChI=1S/C7H6N2.H2O/c8-5-7-3-1-2-4-9-6-7;/h1-4,6,9H;1H2. The van der Waals surface area contributed by atoms with Crippen molar-refractivity contribution in [1.29, 1.82) is 5.26 Å². The molecule has 3 nitrogen and oxygen atoms in total. The normalized spacial score (nSPS) is 13.7. The summed E-state index contributed by atoms with van der Waals surface area (Å²) < 4.78 is 0. The van der Waals surface area contributed by atoms with E-state index in [1.807, 2.05) is 18.2 Å². The Morgan fingerprint density at radius 2 is 2.20 bits per heavy atom. The molecule has 0 aliphatic carbocycles. The van der Waals surface area contributed by atoms with Gasteiger partial charge >= 0.3 is 0 Å². The summed E-state index contributed by atoms with van der Waals surface area (Å²) >= 11 is 0. The zero-order valence-corrected chi connectivity index (χ0v) is 5.33. The van der Waals surface area contributed by atoms with Gasteiger partial charge < -0.3 is 10.8 Å². The lowest BCUT2D eigenvalue weighted by molar-refractivity contribution is 0.824. The summed E-state index contributed by atoms with van der Waals surface area (Å²) in [5, 5.41) is 11.2. The summed E-state index contributed by atoms with van der Waals surface area (Å²) in [4.78, 5) is 0. The maximum atomic E-state index is 8.38. The van der Waals surface area contributed by atoms with Crippen LogP contribution < -0.4 is 5.32 Å². The van der Waals surface area contributed by atoms with Crippen molar-refractivity contribution in [3.63, 3.8) is 0 Å². The molecular formula is C7H8N2O. The second-order valence-electron chi connectivity index (χ2n) is 1.60. The van der Waals surface area contributed by atoms with Gasteiger partial charge in [-0.05, 0) is 12.2 Å². The number of rotatable bonds is 0. The lowest BCUT2D eigenvalue weighted by Crippen LogP contribution is -1.90. The molecule has 1 aliphatic heterocycles. The fourth-order valence-electron chi connectivity index (χ4n) is 0.526. The quantitative estimate of drug-likeness (QED) is 0.518. The van der Waals surface area contributed by atoms with Crippen molar-refractivity contribution in [3.8, 4) is 6.07 Å². The molecule has 1 rings (SSSR count). The number of hydrogen-bond acceptors (Lipinski definition) is 2. The summed E-state index contributed by atoms with van der Waals surface area (Å²) in [7, 11) is 0. The highest BCUT2D eigenvalue weighted by atomic mass is 16.0. The van der Waals surface area contributed by atoms with Gasteiger partial charge in [-0.1, -0.05) is 6.08 Å². The minimum atomic E-state index is 0. The summed E-state index contributed by atoms with van der Waals surface area (Å²) in [6.45, 7) is 0. The minimum absolute atomic E-state index is 0. The number of nitrogens with one attached hydrogen (secondary N) is 1. The molecule has 0 fully saturated rings. The van der Waals surface area contributed by atoms with Crippen molar-refractivity contribution in [2.45, 2.75) is 0 Å². The number of nitriles is 1. The van der Waals surface area contributed by atoms with Crippen molar-refractivity contribution < 1.29 is 5.48 Å². The Morgan fingerprint density at radius 1 is 1.40 bits per heavy atom. The third-order valence-corrected chi connectivity index (χ3v) is 0.947. The van der Waals surface area contributed by atoms with Crippen LogP contribution in [0.4, 0.5) is 0 Å². The van der Waals surface area contributed by atoms with Crippen LogP contribution in [0.25, 0.3) is 0 Å². The zero-order chi connectivity index (χ0) is 6.53. The Morgan fingerprint density at radius 3 is 2.90 bits per heavy atom. The first-order valence-electron chi connectivity index (χ1n) is 2.63. The molecule has 0 unspecified atom stereocenters. The van der Waals surface area contributed by atoms with Gasteiger partial charge in [0.2, 0.25) is 0 Å². The summed E-state index contributed by atoms with van der Waals surface area (Å²) in [5.41, 5.74) is 0.639. The lowest BCUT2D eigenvalue weighted by atomic mass is 10.3. The molecule has 0 spiro atoms. The zero-order valence-electron chi connectivity index (χ0n) is 5.33. The highest BCUT2D eigenvalue weighted by Gasteiger charge is 1.86.